The summed E-state index contributed by atoms with van der Waals surface area (Å²) in [5.41, 5.74) is 2.53. The van der Waals surface area contributed by atoms with E-state index < -0.39 is 4.92 Å². The summed E-state index contributed by atoms with van der Waals surface area (Å²) in [6, 6.07) is 24.1. The summed E-state index contributed by atoms with van der Waals surface area (Å²) in [4.78, 5) is 39.2. The van der Waals surface area contributed by atoms with E-state index in [9.17, 15) is 19.7 Å². The zero-order valence-corrected chi connectivity index (χ0v) is 19.5. The highest BCUT2D eigenvalue weighted by Crippen LogP contribution is 2.53. The Morgan fingerprint density at radius 3 is 2.11 bits per heavy atom. The Bertz CT molecular complexity index is 1340. The fourth-order valence-electron chi connectivity index (χ4n) is 6.06. The van der Waals surface area contributed by atoms with Gasteiger partial charge in [0.05, 0.1) is 28.5 Å². The zero-order chi connectivity index (χ0) is 24.8. The van der Waals surface area contributed by atoms with Crippen LogP contribution < -0.4 is 10.2 Å². The van der Waals surface area contributed by atoms with Gasteiger partial charge in [0.25, 0.3) is 5.69 Å². The lowest BCUT2D eigenvalue weighted by molar-refractivity contribution is -0.383. The second-order valence-electron chi connectivity index (χ2n) is 9.77. The summed E-state index contributed by atoms with van der Waals surface area (Å²) >= 11 is 0. The van der Waals surface area contributed by atoms with Crippen molar-refractivity contribution in [3.05, 3.63) is 112 Å². The van der Waals surface area contributed by atoms with Crippen molar-refractivity contribution in [3.63, 3.8) is 0 Å². The number of anilines is 2. The molecule has 3 aliphatic rings. The van der Waals surface area contributed by atoms with E-state index in [4.69, 9.17) is 0 Å². The van der Waals surface area contributed by atoms with E-state index in [0.717, 1.165) is 22.4 Å². The molecule has 1 saturated carbocycles. The van der Waals surface area contributed by atoms with Crippen molar-refractivity contribution in [3.8, 4) is 0 Å². The van der Waals surface area contributed by atoms with E-state index in [-0.39, 0.29) is 52.9 Å². The number of rotatable bonds is 7. The van der Waals surface area contributed by atoms with Gasteiger partial charge in [-0.15, -0.1) is 0 Å². The molecule has 2 aliphatic carbocycles. The Morgan fingerprint density at radius 2 is 1.50 bits per heavy atom. The van der Waals surface area contributed by atoms with Crippen LogP contribution in [0.5, 0.6) is 0 Å². The van der Waals surface area contributed by atoms with Crippen LogP contribution in [0.1, 0.15) is 23.6 Å². The van der Waals surface area contributed by atoms with Crippen LogP contribution in [0.25, 0.3) is 0 Å². The number of benzene rings is 3. The molecule has 1 aliphatic heterocycles. The number of allylic oxidation sites excluding steroid dienone is 2. The van der Waals surface area contributed by atoms with Gasteiger partial charge in [-0.05, 0) is 47.9 Å². The lowest BCUT2D eigenvalue weighted by atomic mass is 9.85. The number of imide groups is 1. The first-order valence-corrected chi connectivity index (χ1v) is 12.2. The molecular formula is C29H25N3O4. The van der Waals surface area contributed by atoms with Gasteiger partial charge in [0, 0.05) is 6.07 Å². The van der Waals surface area contributed by atoms with Gasteiger partial charge in [0.1, 0.15) is 5.69 Å². The maximum absolute atomic E-state index is 13.2. The third-order valence-corrected chi connectivity index (χ3v) is 7.72. The Balaban J connectivity index is 1.32. The molecule has 3 aromatic rings. The number of hydrogen-bond acceptors (Lipinski definition) is 5. The molecule has 180 valence electrons. The largest absolute Gasteiger partial charge is 0.372 e. The second-order valence-corrected chi connectivity index (χ2v) is 9.77. The highest BCUT2D eigenvalue weighted by Gasteiger charge is 2.59. The van der Waals surface area contributed by atoms with Gasteiger partial charge in [-0.3, -0.25) is 19.7 Å². The average molecular weight is 480 g/mol. The van der Waals surface area contributed by atoms with Crippen molar-refractivity contribution in [2.24, 2.45) is 23.7 Å². The molecule has 1 heterocycles. The summed E-state index contributed by atoms with van der Waals surface area (Å²) in [6.07, 6.45) is 5.54. The molecule has 2 bridgehead atoms. The number of fused-ring (bicyclic) bond motifs is 5. The number of carbonyl (C=O) groups is 2. The molecule has 0 spiro atoms. The molecule has 0 radical (unpaired) electrons. The highest BCUT2D eigenvalue weighted by atomic mass is 16.6. The normalized spacial score (nSPS) is 24.7. The van der Waals surface area contributed by atoms with Gasteiger partial charge in [0.15, 0.2) is 0 Å². The van der Waals surface area contributed by atoms with Crippen LogP contribution in [-0.4, -0.2) is 16.7 Å². The third-order valence-electron chi connectivity index (χ3n) is 7.72. The lowest BCUT2D eigenvalue weighted by Crippen LogP contribution is -2.32. The quantitative estimate of drug-likeness (QED) is 0.215. The van der Waals surface area contributed by atoms with Gasteiger partial charge < -0.3 is 5.32 Å². The van der Waals surface area contributed by atoms with Crippen molar-refractivity contribution < 1.29 is 14.5 Å². The van der Waals surface area contributed by atoms with Crippen LogP contribution in [0.3, 0.4) is 0 Å². The van der Waals surface area contributed by atoms with Crippen molar-refractivity contribution >= 4 is 28.9 Å². The van der Waals surface area contributed by atoms with E-state index in [0.29, 0.717) is 12.1 Å². The smallest absolute Gasteiger partial charge is 0.294 e. The van der Waals surface area contributed by atoms with Crippen LogP contribution >= 0.6 is 0 Å². The number of carbonyl (C=O) groups excluding carboxylic acids is 2. The van der Waals surface area contributed by atoms with E-state index in [1.807, 2.05) is 72.8 Å². The van der Waals surface area contributed by atoms with Crippen LogP contribution in [-0.2, 0) is 16.0 Å². The summed E-state index contributed by atoms with van der Waals surface area (Å²) in [6.45, 7) is 0. The predicted molar refractivity (Wildman–Crippen MR) is 136 cm³/mol. The summed E-state index contributed by atoms with van der Waals surface area (Å²) < 4.78 is 0. The molecule has 36 heavy (non-hydrogen) atoms. The average Bonchev–Trinajstić information content (AvgIpc) is 3.58. The van der Waals surface area contributed by atoms with E-state index >= 15 is 0 Å². The summed E-state index contributed by atoms with van der Waals surface area (Å²) in [5.74, 6) is -1.02. The number of nitrogens with one attached hydrogen (secondary N) is 1. The number of nitro groups is 1. The van der Waals surface area contributed by atoms with Crippen molar-refractivity contribution in [2.45, 2.75) is 18.9 Å². The molecule has 7 heteroatoms. The van der Waals surface area contributed by atoms with Gasteiger partial charge in [-0.2, -0.15) is 0 Å². The van der Waals surface area contributed by atoms with Crippen LogP contribution in [0.2, 0.25) is 0 Å². The van der Waals surface area contributed by atoms with Gasteiger partial charge in [-0.25, -0.2) is 4.90 Å². The molecular weight excluding hydrogens is 454 g/mol. The minimum absolute atomic E-state index is 0.0852. The molecule has 1 N–H and O–H groups in total. The van der Waals surface area contributed by atoms with Crippen LogP contribution in [0.4, 0.5) is 17.1 Å². The molecule has 5 atom stereocenters. The molecule has 0 aromatic heterocycles. The maximum atomic E-state index is 13.2. The topological polar surface area (TPSA) is 92.6 Å². The first-order valence-electron chi connectivity index (χ1n) is 12.2. The standard InChI is InChI=1S/C29H25N3O4/c33-28-26-20-11-12-21(16-20)27(26)29(34)31(28)22-13-14-23(25(17-22)32(35)36)30-24(19-9-5-2-6-10-19)15-18-7-3-1-4-8-18/h1-14,17,20-21,24,26-27,30H,15-16H2/t20-,21-,24-,26-,27+/m0/s1. The summed E-state index contributed by atoms with van der Waals surface area (Å²) in [5, 5.41) is 15.5. The molecule has 0 unspecified atom stereocenters. The van der Waals surface area contributed by atoms with Crippen molar-refractivity contribution in [1.29, 1.82) is 0 Å². The highest BCUT2D eigenvalue weighted by molar-refractivity contribution is 6.23. The second kappa shape index (κ2) is 8.75. The fourth-order valence-corrected chi connectivity index (χ4v) is 6.06. The lowest BCUT2D eigenvalue weighted by Gasteiger charge is -2.22. The minimum atomic E-state index is -0.465. The zero-order valence-electron chi connectivity index (χ0n) is 19.5. The molecule has 6 rings (SSSR count). The number of hydrogen-bond donors (Lipinski definition) is 1. The van der Waals surface area contributed by atoms with Crippen LogP contribution in [0.15, 0.2) is 91.0 Å². The van der Waals surface area contributed by atoms with Crippen molar-refractivity contribution in [2.75, 3.05) is 10.2 Å². The van der Waals surface area contributed by atoms with E-state index in [1.54, 1.807) is 12.1 Å². The van der Waals surface area contributed by atoms with Gasteiger partial charge in [0.2, 0.25) is 11.8 Å². The van der Waals surface area contributed by atoms with Gasteiger partial charge >= 0.3 is 0 Å². The predicted octanol–water partition coefficient (Wildman–Crippen LogP) is 5.30. The first-order chi connectivity index (χ1) is 17.5. The number of nitrogens with zero attached hydrogens (tertiary/aromatic N) is 2. The summed E-state index contributed by atoms with van der Waals surface area (Å²) in [7, 11) is 0. The molecule has 2 fully saturated rings. The Labute approximate surface area is 208 Å². The minimum Gasteiger partial charge on any atom is -0.372 e. The molecule has 1 saturated heterocycles. The number of nitro benzene ring substituents is 1. The van der Waals surface area contributed by atoms with Crippen LogP contribution in [0, 0.1) is 33.8 Å². The SMILES string of the molecule is O=C1[C@@H]2[C@H](C(=O)N1c1ccc(N[C@@H](Cc3ccccc3)c3ccccc3)c([N+](=O)[O-])c1)[C@H]1C=C[C@H]2C1. The third kappa shape index (κ3) is 3.68. The van der Waals surface area contributed by atoms with Gasteiger partial charge in [-0.1, -0.05) is 72.8 Å². The van der Waals surface area contributed by atoms with Crippen molar-refractivity contribution in [1.82, 2.24) is 0 Å². The molecule has 3 aromatic carbocycles. The Hall–Kier alpha value is -4.26. The monoisotopic (exact) mass is 479 g/mol. The Kier molecular flexibility index (Phi) is 5.40. The van der Waals surface area contributed by atoms with E-state index in [2.05, 4.69) is 5.32 Å². The first kappa shape index (κ1) is 22.2. The molecule has 2 amide bonds. The van der Waals surface area contributed by atoms with E-state index in [1.165, 1.54) is 6.07 Å². The fraction of sp³-hybridized carbons (Fsp3) is 0.241. The molecule has 7 nitrogen and oxygen atoms in total. The number of amides is 2. The maximum Gasteiger partial charge on any atom is 0.294 e. The Morgan fingerprint density at radius 1 is 0.889 bits per heavy atom.